The van der Waals surface area contributed by atoms with Crippen molar-refractivity contribution >= 4 is 17.7 Å². The average Bonchev–Trinajstić information content (AvgIpc) is 2.88. The number of rotatable bonds is 6. The number of pyridine rings is 1. The Morgan fingerprint density at radius 1 is 0.939 bits per heavy atom. The lowest BCUT2D eigenvalue weighted by Crippen LogP contribution is -2.23. The molecule has 0 saturated heterocycles. The summed E-state index contributed by atoms with van der Waals surface area (Å²) in [6.07, 6.45) is 3.78. The smallest absolute Gasteiger partial charge is 0.251 e. The van der Waals surface area contributed by atoms with Gasteiger partial charge in [-0.05, 0) is 83.5 Å². The van der Waals surface area contributed by atoms with Crippen LogP contribution in [-0.2, 0) is 6.54 Å². The quantitative estimate of drug-likeness (QED) is 0.354. The van der Waals surface area contributed by atoms with Gasteiger partial charge >= 0.3 is 0 Å². The highest BCUT2D eigenvalue weighted by Crippen LogP contribution is 2.27. The number of amides is 1. The zero-order valence-corrected chi connectivity index (χ0v) is 19.3. The first-order valence-electron chi connectivity index (χ1n) is 10.6. The van der Waals surface area contributed by atoms with Gasteiger partial charge in [-0.25, -0.2) is 0 Å². The molecule has 0 aliphatic heterocycles. The summed E-state index contributed by atoms with van der Waals surface area (Å²) in [5, 5.41) is 12.0. The zero-order chi connectivity index (χ0) is 23.2. The molecule has 0 aliphatic carbocycles. The third-order valence-electron chi connectivity index (χ3n) is 5.46. The SMILES string of the molecule is CSc1cc(C(=O)NCc2cc(-c3cccc(-c4ccc(C#N)cc4)c3)ccn2)ccc1C. The van der Waals surface area contributed by atoms with Crippen LogP contribution in [0.2, 0.25) is 0 Å². The van der Waals surface area contributed by atoms with Crippen LogP contribution in [-0.4, -0.2) is 17.1 Å². The van der Waals surface area contributed by atoms with E-state index in [1.807, 2.05) is 73.8 Å². The summed E-state index contributed by atoms with van der Waals surface area (Å²) < 4.78 is 0. The van der Waals surface area contributed by atoms with Gasteiger partial charge in [0.25, 0.3) is 5.91 Å². The molecule has 0 fully saturated rings. The molecule has 0 bridgehead atoms. The third-order valence-corrected chi connectivity index (χ3v) is 6.34. The zero-order valence-electron chi connectivity index (χ0n) is 18.5. The Bertz CT molecular complexity index is 1340. The van der Waals surface area contributed by atoms with Gasteiger partial charge < -0.3 is 5.32 Å². The van der Waals surface area contributed by atoms with Gasteiger partial charge in [0.05, 0.1) is 23.9 Å². The van der Waals surface area contributed by atoms with E-state index in [0.717, 1.165) is 38.4 Å². The molecule has 0 spiro atoms. The van der Waals surface area contributed by atoms with Gasteiger partial charge in [0.2, 0.25) is 0 Å². The standard InChI is InChI=1S/C28H23N3OS/c1-19-6-9-25(16-27(19)33-2)28(32)31-18-26-15-24(12-13-30-26)23-5-3-4-22(14-23)21-10-7-20(17-29)8-11-21/h3-16H,18H2,1-2H3,(H,31,32). The Hall–Kier alpha value is -3.88. The number of hydrogen-bond donors (Lipinski definition) is 1. The van der Waals surface area contributed by atoms with Gasteiger partial charge in [-0.3, -0.25) is 9.78 Å². The summed E-state index contributed by atoms with van der Waals surface area (Å²) in [6.45, 7) is 2.39. The van der Waals surface area contributed by atoms with Crippen LogP contribution < -0.4 is 5.32 Å². The molecular weight excluding hydrogens is 426 g/mol. The molecule has 33 heavy (non-hydrogen) atoms. The van der Waals surface area contributed by atoms with Crippen molar-refractivity contribution in [1.82, 2.24) is 10.3 Å². The Labute approximate surface area is 198 Å². The summed E-state index contributed by atoms with van der Waals surface area (Å²) in [5.74, 6) is -0.111. The first-order valence-corrected chi connectivity index (χ1v) is 11.8. The third kappa shape index (κ3) is 5.31. The Morgan fingerprint density at radius 2 is 1.67 bits per heavy atom. The van der Waals surface area contributed by atoms with Gasteiger partial charge in [0, 0.05) is 16.7 Å². The molecule has 0 radical (unpaired) electrons. The number of carbonyl (C=O) groups is 1. The van der Waals surface area contributed by atoms with E-state index in [-0.39, 0.29) is 5.91 Å². The topological polar surface area (TPSA) is 65.8 Å². The van der Waals surface area contributed by atoms with Crippen LogP contribution in [0.15, 0.2) is 90.0 Å². The lowest BCUT2D eigenvalue weighted by molar-refractivity contribution is 0.0950. The van der Waals surface area contributed by atoms with E-state index in [1.54, 1.807) is 18.0 Å². The maximum absolute atomic E-state index is 12.6. The molecule has 1 amide bonds. The maximum atomic E-state index is 12.6. The molecule has 0 saturated carbocycles. The molecule has 0 atom stereocenters. The molecule has 162 valence electrons. The molecule has 1 heterocycles. The second-order valence-corrected chi connectivity index (χ2v) is 8.52. The fourth-order valence-electron chi connectivity index (χ4n) is 3.60. The van der Waals surface area contributed by atoms with E-state index in [1.165, 1.54) is 0 Å². The van der Waals surface area contributed by atoms with Crippen molar-refractivity contribution in [2.45, 2.75) is 18.4 Å². The molecular formula is C28H23N3OS. The van der Waals surface area contributed by atoms with Crippen molar-refractivity contribution in [3.05, 3.63) is 107 Å². The van der Waals surface area contributed by atoms with E-state index in [4.69, 9.17) is 5.26 Å². The summed E-state index contributed by atoms with van der Waals surface area (Å²) in [5.41, 5.74) is 7.48. The van der Waals surface area contributed by atoms with E-state index < -0.39 is 0 Å². The van der Waals surface area contributed by atoms with Crippen LogP contribution >= 0.6 is 11.8 Å². The van der Waals surface area contributed by atoms with Crippen LogP contribution in [0.1, 0.15) is 27.2 Å². The summed E-state index contributed by atoms with van der Waals surface area (Å²) >= 11 is 1.64. The first kappa shape index (κ1) is 22.3. The van der Waals surface area contributed by atoms with Crippen LogP contribution in [0.25, 0.3) is 22.3 Å². The van der Waals surface area contributed by atoms with Crippen molar-refractivity contribution in [1.29, 1.82) is 5.26 Å². The number of aromatic nitrogens is 1. The maximum Gasteiger partial charge on any atom is 0.251 e. The van der Waals surface area contributed by atoms with Crippen molar-refractivity contribution in [3.8, 4) is 28.3 Å². The van der Waals surface area contributed by atoms with Gasteiger partial charge in [-0.2, -0.15) is 5.26 Å². The molecule has 0 unspecified atom stereocenters. The van der Waals surface area contributed by atoms with Gasteiger partial charge in [0.1, 0.15) is 0 Å². The van der Waals surface area contributed by atoms with E-state index in [0.29, 0.717) is 17.7 Å². The Balaban J connectivity index is 1.50. The van der Waals surface area contributed by atoms with Gasteiger partial charge in [0.15, 0.2) is 0 Å². The Kier molecular flexibility index (Phi) is 6.87. The van der Waals surface area contributed by atoms with E-state index >= 15 is 0 Å². The highest BCUT2D eigenvalue weighted by atomic mass is 32.2. The number of aryl methyl sites for hydroxylation is 1. The molecule has 4 rings (SSSR count). The minimum absolute atomic E-state index is 0.111. The lowest BCUT2D eigenvalue weighted by Gasteiger charge is -2.10. The van der Waals surface area contributed by atoms with Crippen molar-refractivity contribution in [3.63, 3.8) is 0 Å². The van der Waals surface area contributed by atoms with Crippen LogP contribution in [0.5, 0.6) is 0 Å². The van der Waals surface area contributed by atoms with E-state index in [9.17, 15) is 4.79 Å². The normalized spacial score (nSPS) is 10.5. The van der Waals surface area contributed by atoms with Crippen LogP contribution in [0, 0.1) is 18.3 Å². The molecule has 4 nitrogen and oxygen atoms in total. The number of nitrogens with zero attached hydrogens (tertiary/aromatic N) is 2. The highest BCUT2D eigenvalue weighted by Gasteiger charge is 2.09. The molecule has 4 aromatic rings. The molecule has 3 aromatic carbocycles. The van der Waals surface area contributed by atoms with Crippen molar-refractivity contribution in [2.75, 3.05) is 6.26 Å². The number of hydrogen-bond acceptors (Lipinski definition) is 4. The fourth-order valence-corrected chi connectivity index (χ4v) is 4.24. The Morgan fingerprint density at radius 3 is 2.39 bits per heavy atom. The van der Waals surface area contributed by atoms with Crippen LogP contribution in [0.3, 0.4) is 0 Å². The average molecular weight is 450 g/mol. The number of benzene rings is 3. The number of nitriles is 1. The molecule has 0 aliphatic rings. The largest absolute Gasteiger partial charge is 0.346 e. The number of thioether (sulfide) groups is 1. The van der Waals surface area contributed by atoms with Crippen molar-refractivity contribution in [2.24, 2.45) is 0 Å². The number of carbonyl (C=O) groups excluding carboxylic acids is 1. The minimum Gasteiger partial charge on any atom is -0.346 e. The minimum atomic E-state index is -0.111. The molecule has 5 heteroatoms. The summed E-state index contributed by atoms with van der Waals surface area (Å²) in [6, 6.07) is 27.7. The van der Waals surface area contributed by atoms with Crippen molar-refractivity contribution < 1.29 is 4.79 Å². The second-order valence-electron chi connectivity index (χ2n) is 7.67. The summed E-state index contributed by atoms with van der Waals surface area (Å²) in [4.78, 5) is 18.2. The predicted molar refractivity (Wildman–Crippen MR) is 134 cm³/mol. The summed E-state index contributed by atoms with van der Waals surface area (Å²) in [7, 11) is 0. The number of nitrogens with one attached hydrogen (secondary N) is 1. The molecule has 1 N–H and O–H groups in total. The van der Waals surface area contributed by atoms with Crippen LogP contribution in [0.4, 0.5) is 0 Å². The fraction of sp³-hybridized carbons (Fsp3) is 0.107. The van der Waals surface area contributed by atoms with Gasteiger partial charge in [-0.15, -0.1) is 11.8 Å². The first-order chi connectivity index (χ1) is 16.1. The van der Waals surface area contributed by atoms with E-state index in [2.05, 4.69) is 34.6 Å². The second kappa shape index (κ2) is 10.2. The monoisotopic (exact) mass is 449 g/mol. The lowest BCUT2D eigenvalue weighted by atomic mass is 9.98. The highest BCUT2D eigenvalue weighted by molar-refractivity contribution is 7.98. The predicted octanol–water partition coefficient (Wildman–Crippen LogP) is 6.25. The van der Waals surface area contributed by atoms with Gasteiger partial charge in [-0.1, -0.05) is 36.4 Å². The molecule has 1 aromatic heterocycles.